The number of benzene rings is 6. The van der Waals surface area contributed by atoms with Gasteiger partial charge in [0.25, 0.3) is 0 Å². The molecule has 0 spiro atoms. The van der Waals surface area contributed by atoms with E-state index in [0.29, 0.717) is 43.5 Å². The van der Waals surface area contributed by atoms with Crippen LogP contribution in [0.5, 0.6) is 17.2 Å². The molecule has 3 N–H and O–H groups in total. The molecule has 0 aromatic heterocycles. The third-order valence-corrected chi connectivity index (χ3v) is 6.97. The minimum absolute atomic E-state index is 0. The van der Waals surface area contributed by atoms with Crippen molar-refractivity contribution in [2.75, 3.05) is 5.73 Å². The maximum Gasteiger partial charge on any atom is 1.00 e. The van der Waals surface area contributed by atoms with Gasteiger partial charge in [-0.1, -0.05) is 133 Å². The Bertz CT molecular complexity index is 1920. The van der Waals surface area contributed by atoms with E-state index in [9.17, 15) is 0 Å². The van der Waals surface area contributed by atoms with Gasteiger partial charge >= 0.3 is 72.0 Å². The summed E-state index contributed by atoms with van der Waals surface area (Å²) in [5, 5.41) is 17.8. The number of nitrogens with one attached hydrogen (secondary N) is 1. The first-order valence-corrected chi connectivity index (χ1v) is 23.7. The van der Waals surface area contributed by atoms with E-state index in [1.54, 1.807) is 18.2 Å². The fourth-order valence-corrected chi connectivity index (χ4v) is 4.49. The second-order valence-electron chi connectivity index (χ2n) is 10.5. The number of nitrogens with two attached hydrogens (primary N) is 1. The van der Waals surface area contributed by atoms with Gasteiger partial charge in [0.1, 0.15) is 31.3 Å². The average molecular weight is 952 g/mol. The van der Waals surface area contributed by atoms with Gasteiger partial charge in [-0.15, -0.1) is 5.34 Å². The molecule has 286 valence electrons. The zero-order valence-electron chi connectivity index (χ0n) is 30.4. The largest absolute Gasteiger partial charge is 1.00 e. The molecule has 6 aromatic rings. The van der Waals surface area contributed by atoms with Gasteiger partial charge in [0.15, 0.2) is 4.98 Å². The van der Waals surface area contributed by atoms with E-state index in [1.165, 1.54) is 0 Å². The number of para-hydroxylation sites is 4. The number of diazo groups is 1. The predicted octanol–water partition coefficient (Wildman–Crippen LogP) is 5.36. The van der Waals surface area contributed by atoms with Crippen LogP contribution in [-0.4, -0.2) is 18.9 Å². The molecule has 0 unspecified atom stereocenters. The maximum absolute atomic E-state index is 8.76. The Morgan fingerprint density at radius 1 is 0.625 bits per heavy atom. The van der Waals surface area contributed by atoms with E-state index in [1.807, 2.05) is 146 Å². The molecular weight excluding hydrogens is 914 g/mol. The molecule has 6 rings (SSSR count). The van der Waals surface area contributed by atoms with Crippen molar-refractivity contribution >= 4 is 59.9 Å². The summed E-state index contributed by atoms with van der Waals surface area (Å²) >= 11 is 4.69. The van der Waals surface area contributed by atoms with Gasteiger partial charge in [-0.2, -0.15) is 0 Å². The Labute approximate surface area is 378 Å². The Hall–Kier alpha value is -3.74. The molecule has 16 heteroatoms. The third kappa shape index (κ3) is 22.7. The molecule has 0 amide bonds. The molecule has 0 saturated heterocycles. The van der Waals surface area contributed by atoms with Crippen LogP contribution in [0.3, 0.4) is 0 Å². The Balaban J connectivity index is 0.000000744. The minimum atomic E-state index is -0.826. The molecule has 0 bridgehead atoms. The summed E-state index contributed by atoms with van der Waals surface area (Å²) in [5.74, 6) is 2.18. The smallest absolute Gasteiger partial charge is 1.00 e. The van der Waals surface area contributed by atoms with Crippen molar-refractivity contribution in [1.29, 1.82) is 5.39 Å². The zero-order chi connectivity index (χ0) is 39.1. The Morgan fingerprint density at radius 3 is 1.39 bits per heavy atom. The third-order valence-electron chi connectivity index (χ3n) is 6.83. The maximum atomic E-state index is 8.76. The van der Waals surface area contributed by atoms with Gasteiger partial charge in [0.2, 0.25) is 11.1 Å². The topological polar surface area (TPSA) is 146 Å². The quantitative estimate of drug-likeness (QED) is 0.0441. The molecule has 56 heavy (non-hydrogen) atoms. The number of nitrogens with zero attached hydrogens (tertiary/aromatic N) is 3. The zero-order valence-corrected chi connectivity index (χ0v) is 38.3. The molecule has 0 aliphatic carbocycles. The molecule has 0 fully saturated rings. The summed E-state index contributed by atoms with van der Waals surface area (Å²) in [5.41, 5.74) is 11.3. The van der Waals surface area contributed by atoms with Crippen molar-refractivity contribution in [2.24, 2.45) is 5.34 Å². The van der Waals surface area contributed by atoms with Crippen LogP contribution in [0.25, 0.3) is 4.98 Å². The summed E-state index contributed by atoms with van der Waals surface area (Å²) in [7, 11) is 9.87. The van der Waals surface area contributed by atoms with Crippen molar-refractivity contribution in [3.8, 4) is 17.2 Å². The van der Waals surface area contributed by atoms with Crippen molar-refractivity contribution < 1.29 is 56.2 Å². The fraction of sp³-hybridized carbons (Fsp3) is 0.100. The van der Waals surface area contributed by atoms with Crippen LogP contribution >= 0.6 is 29.6 Å². The molecule has 0 saturated carbocycles. The van der Waals surface area contributed by atoms with Crippen LogP contribution in [0.1, 0.15) is 22.3 Å². The SMILES string of the molecule is ClNCc1ccccc1OCc1ccccc1.N#[N+]c1ccccc1OCc1ccccc1.Nc1ccccc1OCc1ccccc1.O=N[O-].[Cl-].[Cl][Sn][Cl].[Na+]. The predicted molar refractivity (Wildman–Crippen MR) is 220 cm³/mol. The molecule has 10 nitrogen and oxygen atoms in total. The van der Waals surface area contributed by atoms with Crippen LogP contribution in [0.2, 0.25) is 0 Å². The summed E-state index contributed by atoms with van der Waals surface area (Å²) in [6.45, 7) is 2.18. The first-order chi connectivity index (χ1) is 26.5. The number of anilines is 1. The van der Waals surface area contributed by atoms with E-state index < -0.39 is 18.9 Å². The molecule has 0 heterocycles. The van der Waals surface area contributed by atoms with Crippen molar-refractivity contribution in [2.45, 2.75) is 26.4 Å². The van der Waals surface area contributed by atoms with Crippen LogP contribution in [0.15, 0.2) is 169 Å². The summed E-state index contributed by atoms with van der Waals surface area (Å²) in [4.78, 5) is 13.8. The summed E-state index contributed by atoms with van der Waals surface area (Å²) in [6, 6.07) is 52.5. The number of hydrogen-bond acceptors (Lipinski definition) is 9. The second-order valence-corrected chi connectivity index (χ2v) is 15.0. The summed E-state index contributed by atoms with van der Waals surface area (Å²) in [6.07, 6.45) is 0. The van der Waals surface area contributed by atoms with E-state index in [4.69, 9.17) is 65.1 Å². The first kappa shape index (κ1) is 52.3. The van der Waals surface area contributed by atoms with Crippen molar-refractivity contribution in [3.63, 3.8) is 0 Å². The van der Waals surface area contributed by atoms with Gasteiger partial charge in [-0.05, 0) is 52.7 Å². The normalized spacial score (nSPS) is 8.96. The van der Waals surface area contributed by atoms with Gasteiger partial charge in [0.05, 0.1) is 5.69 Å². The van der Waals surface area contributed by atoms with Crippen LogP contribution in [0.4, 0.5) is 11.4 Å². The monoisotopic (exact) mass is 951 g/mol. The van der Waals surface area contributed by atoms with Crippen LogP contribution in [-0.2, 0) is 26.4 Å². The number of halogens is 4. The van der Waals surface area contributed by atoms with Crippen LogP contribution < -0.4 is 66.7 Å². The molecule has 2 radical (unpaired) electrons. The van der Waals surface area contributed by atoms with E-state index in [2.05, 4.69) is 9.81 Å². The van der Waals surface area contributed by atoms with Gasteiger partial charge < -0.3 is 42.5 Å². The molecule has 0 atom stereocenters. The second kappa shape index (κ2) is 34.5. The standard InChI is InChI=1S/C14H14ClNO.C13H11N2O.C13H13NO.3ClH.HNO2.Na.Sn/c15-16-10-13-8-4-5-9-14(13)17-11-12-6-2-1-3-7-12;14-15-12-8-4-5-9-13(12)16-10-11-6-2-1-3-7-11;14-12-8-4-5-9-13(12)15-10-11-6-2-1-3-7-11;;;;2-1-3;;/h1-9,16H,10-11H2;1-9H,10H2;1-9H,10,14H2;3*1H;(H,2,3);;/q;+1;;;;;;+1;+2/p-4. The minimum Gasteiger partial charge on any atom is 1.00 e. The average Bonchev–Trinajstić information content (AvgIpc) is 3.22. The van der Waals surface area contributed by atoms with Crippen molar-refractivity contribution in [1.82, 2.24) is 4.84 Å². The van der Waals surface area contributed by atoms with E-state index in [-0.39, 0.29) is 42.0 Å². The first-order valence-electron chi connectivity index (χ1n) is 16.1. The number of rotatable bonds is 11. The fourth-order valence-electron chi connectivity index (χ4n) is 4.34. The molecule has 0 aliphatic heterocycles. The Kier molecular flexibility index (Phi) is 32.2. The molecule has 6 aromatic carbocycles. The number of ether oxygens (including phenoxy) is 3. The van der Waals surface area contributed by atoms with E-state index in [0.717, 1.165) is 39.1 Å². The Morgan fingerprint density at radius 2 is 0.964 bits per heavy atom. The number of nitrogen functional groups attached to an aromatic ring is 1. The van der Waals surface area contributed by atoms with Gasteiger partial charge in [0, 0.05) is 18.2 Å². The molecule has 0 aliphatic rings. The molecular formula is C40H38Cl4N5NaO5Sn. The van der Waals surface area contributed by atoms with Gasteiger partial charge in [-0.3, -0.25) is 0 Å². The van der Waals surface area contributed by atoms with Gasteiger partial charge in [-0.25, -0.2) is 4.84 Å². The van der Waals surface area contributed by atoms with Crippen LogP contribution in [0, 0.1) is 15.5 Å². The van der Waals surface area contributed by atoms with Crippen molar-refractivity contribution in [3.05, 3.63) is 201 Å². The summed E-state index contributed by atoms with van der Waals surface area (Å²) < 4.78 is 16.9. The number of hydrogen-bond donors (Lipinski definition) is 2. The van der Waals surface area contributed by atoms with E-state index >= 15 is 0 Å².